The van der Waals surface area contributed by atoms with Crippen LogP contribution < -0.4 is 16.0 Å². The van der Waals surface area contributed by atoms with Gasteiger partial charge >= 0.3 is 0 Å². The Hall–Kier alpha value is -1.98. The summed E-state index contributed by atoms with van der Waals surface area (Å²) in [6.45, 7) is 1.97. The number of hydrazine groups is 1. The highest BCUT2D eigenvalue weighted by Gasteiger charge is 2.19. The lowest BCUT2D eigenvalue weighted by atomic mass is 9.98. The van der Waals surface area contributed by atoms with Gasteiger partial charge in [0.2, 0.25) is 5.88 Å². The molecule has 2 aromatic rings. The van der Waals surface area contributed by atoms with Crippen molar-refractivity contribution in [1.29, 1.82) is 0 Å². The lowest BCUT2D eigenvalue weighted by Crippen LogP contribution is -2.29. The molecular formula is C14H16FN3O. The number of aromatic nitrogens is 1. The first-order chi connectivity index (χ1) is 9.17. The average molecular weight is 261 g/mol. The highest BCUT2D eigenvalue weighted by molar-refractivity contribution is 5.36. The number of nitrogens with zero attached hydrogens (tertiary/aromatic N) is 1. The second-order valence-electron chi connectivity index (χ2n) is 4.24. The van der Waals surface area contributed by atoms with E-state index >= 15 is 0 Å². The van der Waals surface area contributed by atoms with Gasteiger partial charge in [-0.1, -0.05) is 29.8 Å². The fourth-order valence-corrected chi connectivity index (χ4v) is 2.02. The van der Waals surface area contributed by atoms with Gasteiger partial charge in [0.05, 0.1) is 13.2 Å². The van der Waals surface area contributed by atoms with Gasteiger partial charge < -0.3 is 4.74 Å². The van der Waals surface area contributed by atoms with Crippen LogP contribution in [0, 0.1) is 12.7 Å². The topological polar surface area (TPSA) is 60.2 Å². The zero-order chi connectivity index (χ0) is 13.8. The maximum atomic E-state index is 14.2. The zero-order valence-corrected chi connectivity index (χ0v) is 10.9. The number of nitrogens with one attached hydrogen (secondary N) is 1. The van der Waals surface area contributed by atoms with Crippen LogP contribution in [0.3, 0.4) is 0 Å². The van der Waals surface area contributed by atoms with Gasteiger partial charge in [-0.25, -0.2) is 14.8 Å². The van der Waals surface area contributed by atoms with E-state index in [1.165, 1.54) is 13.3 Å². The van der Waals surface area contributed by atoms with Crippen molar-refractivity contribution in [3.8, 4) is 5.88 Å². The molecule has 0 radical (unpaired) electrons. The Balaban J connectivity index is 2.48. The summed E-state index contributed by atoms with van der Waals surface area (Å²) < 4.78 is 19.1. The third-order valence-electron chi connectivity index (χ3n) is 2.93. The predicted octanol–water partition coefficient (Wildman–Crippen LogP) is 2.09. The van der Waals surface area contributed by atoms with Crippen LogP contribution >= 0.6 is 0 Å². The Morgan fingerprint density at radius 3 is 2.79 bits per heavy atom. The number of aryl methyl sites for hydroxylation is 1. The maximum Gasteiger partial charge on any atom is 0.250 e. The quantitative estimate of drug-likeness (QED) is 0.653. The van der Waals surface area contributed by atoms with Gasteiger partial charge in [0.1, 0.15) is 0 Å². The van der Waals surface area contributed by atoms with Gasteiger partial charge in [-0.15, -0.1) is 0 Å². The first-order valence-corrected chi connectivity index (χ1v) is 5.88. The number of benzene rings is 1. The summed E-state index contributed by atoms with van der Waals surface area (Å²) in [5, 5.41) is 0. The number of halogens is 1. The van der Waals surface area contributed by atoms with E-state index in [1.807, 2.05) is 31.2 Å². The summed E-state index contributed by atoms with van der Waals surface area (Å²) in [6.07, 6.45) is 1.50. The van der Waals surface area contributed by atoms with Gasteiger partial charge in [-0.2, -0.15) is 0 Å². The molecule has 3 N–H and O–H groups in total. The van der Waals surface area contributed by atoms with Gasteiger partial charge in [0.25, 0.3) is 0 Å². The SMILES string of the molecule is COc1nccc(C(NN)c2cccc(C)c2)c1F. The van der Waals surface area contributed by atoms with Crippen molar-refractivity contribution in [2.24, 2.45) is 5.84 Å². The van der Waals surface area contributed by atoms with Crippen LogP contribution in [-0.2, 0) is 0 Å². The van der Waals surface area contributed by atoms with Crippen molar-refractivity contribution in [2.45, 2.75) is 13.0 Å². The maximum absolute atomic E-state index is 14.2. The lowest BCUT2D eigenvalue weighted by molar-refractivity contribution is 0.364. The number of hydrogen-bond acceptors (Lipinski definition) is 4. The third kappa shape index (κ3) is 2.72. The number of rotatable bonds is 4. The Morgan fingerprint density at radius 2 is 2.16 bits per heavy atom. The van der Waals surface area contributed by atoms with E-state index in [1.54, 1.807) is 6.07 Å². The monoisotopic (exact) mass is 261 g/mol. The van der Waals surface area contributed by atoms with Crippen molar-refractivity contribution in [2.75, 3.05) is 7.11 Å². The van der Waals surface area contributed by atoms with Crippen LogP contribution in [0.1, 0.15) is 22.7 Å². The Bertz CT molecular complexity index is 574. The number of pyridine rings is 1. The smallest absolute Gasteiger partial charge is 0.250 e. The van der Waals surface area contributed by atoms with E-state index in [2.05, 4.69) is 10.4 Å². The summed E-state index contributed by atoms with van der Waals surface area (Å²) in [5.41, 5.74) is 5.00. The third-order valence-corrected chi connectivity index (χ3v) is 2.93. The minimum absolute atomic E-state index is 0.0367. The highest BCUT2D eigenvalue weighted by Crippen LogP contribution is 2.27. The van der Waals surface area contributed by atoms with Crippen molar-refractivity contribution in [3.63, 3.8) is 0 Å². The Morgan fingerprint density at radius 1 is 1.37 bits per heavy atom. The Kier molecular flexibility index (Phi) is 4.09. The van der Waals surface area contributed by atoms with E-state index in [4.69, 9.17) is 10.6 Å². The molecule has 0 saturated carbocycles. The van der Waals surface area contributed by atoms with Crippen molar-refractivity contribution >= 4 is 0 Å². The summed E-state index contributed by atoms with van der Waals surface area (Å²) in [7, 11) is 1.38. The first kappa shape index (κ1) is 13.5. The van der Waals surface area contributed by atoms with Crippen LogP contribution in [0.15, 0.2) is 36.5 Å². The molecular weight excluding hydrogens is 245 g/mol. The molecule has 0 fully saturated rings. The second-order valence-corrected chi connectivity index (χ2v) is 4.24. The van der Waals surface area contributed by atoms with Crippen LogP contribution in [0.25, 0.3) is 0 Å². The minimum atomic E-state index is -0.505. The molecule has 1 heterocycles. The number of methoxy groups -OCH3 is 1. The summed E-state index contributed by atoms with van der Waals surface area (Å²) in [4.78, 5) is 3.82. The molecule has 0 aliphatic heterocycles. The van der Waals surface area contributed by atoms with Gasteiger partial charge in [-0.05, 0) is 18.6 Å². The molecule has 0 spiro atoms. The molecule has 4 nitrogen and oxygen atoms in total. The molecule has 0 aliphatic rings. The molecule has 0 saturated heterocycles. The molecule has 1 unspecified atom stereocenters. The highest BCUT2D eigenvalue weighted by atomic mass is 19.1. The van der Waals surface area contributed by atoms with Gasteiger partial charge in [0.15, 0.2) is 5.82 Å². The van der Waals surface area contributed by atoms with E-state index in [0.29, 0.717) is 5.56 Å². The fourth-order valence-electron chi connectivity index (χ4n) is 2.02. The fraction of sp³-hybridized carbons (Fsp3) is 0.214. The molecule has 19 heavy (non-hydrogen) atoms. The van der Waals surface area contributed by atoms with Crippen LogP contribution in [0.5, 0.6) is 5.88 Å². The summed E-state index contributed by atoms with van der Waals surface area (Å²) in [6, 6.07) is 8.87. The van der Waals surface area contributed by atoms with E-state index in [0.717, 1.165) is 11.1 Å². The van der Waals surface area contributed by atoms with E-state index < -0.39 is 11.9 Å². The van der Waals surface area contributed by atoms with Crippen LogP contribution in [-0.4, -0.2) is 12.1 Å². The predicted molar refractivity (Wildman–Crippen MR) is 71.1 cm³/mol. The molecule has 0 amide bonds. The number of hydrogen-bond donors (Lipinski definition) is 2. The molecule has 5 heteroatoms. The molecule has 1 aromatic carbocycles. The average Bonchev–Trinajstić information content (AvgIpc) is 2.41. The van der Waals surface area contributed by atoms with Crippen molar-refractivity contribution < 1.29 is 9.13 Å². The molecule has 100 valence electrons. The van der Waals surface area contributed by atoms with Crippen LogP contribution in [0.2, 0.25) is 0 Å². The second kappa shape index (κ2) is 5.77. The number of nitrogens with two attached hydrogens (primary N) is 1. The molecule has 0 aliphatic carbocycles. The van der Waals surface area contributed by atoms with Crippen molar-refractivity contribution in [1.82, 2.24) is 10.4 Å². The zero-order valence-electron chi connectivity index (χ0n) is 10.9. The summed E-state index contributed by atoms with van der Waals surface area (Å²) in [5.74, 6) is 5.03. The van der Waals surface area contributed by atoms with Gasteiger partial charge in [-0.3, -0.25) is 5.84 Å². The van der Waals surface area contributed by atoms with Crippen LogP contribution in [0.4, 0.5) is 4.39 Å². The standard InChI is InChI=1S/C14H16FN3O/c1-9-4-3-5-10(8-9)13(18-16)11-6-7-17-14(19-2)12(11)15/h3-8,13,18H,16H2,1-2H3. The molecule has 0 bridgehead atoms. The molecule has 1 atom stereocenters. The van der Waals surface area contributed by atoms with E-state index in [-0.39, 0.29) is 5.88 Å². The lowest BCUT2D eigenvalue weighted by Gasteiger charge is -2.18. The largest absolute Gasteiger partial charge is 0.479 e. The minimum Gasteiger partial charge on any atom is -0.479 e. The molecule has 2 rings (SSSR count). The van der Waals surface area contributed by atoms with Crippen molar-refractivity contribution in [3.05, 3.63) is 59.0 Å². The Labute approximate surface area is 111 Å². The molecule has 1 aromatic heterocycles. The van der Waals surface area contributed by atoms with E-state index in [9.17, 15) is 4.39 Å². The normalized spacial score (nSPS) is 12.2. The summed E-state index contributed by atoms with van der Waals surface area (Å²) >= 11 is 0. The number of ether oxygens (including phenoxy) is 1. The first-order valence-electron chi connectivity index (χ1n) is 5.88. The van der Waals surface area contributed by atoms with Gasteiger partial charge in [0, 0.05) is 11.8 Å².